The highest BCUT2D eigenvalue weighted by atomic mass is 32.1. The van der Waals surface area contributed by atoms with Crippen LogP contribution >= 0.6 is 11.3 Å². The van der Waals surface area contributed by atoms with Crippen LogP contribution in [0.1, 0.15) is 30.3 Å². The molecule has 0 spiro atoms. The van der Waals surface area contributed by atoms with E-state index in [0.29, 0.717) is 12.3 Å². The number of hydrogen-bond donors (Lipinski definition) is 1. The highest BCUT2D eigenvalue weighted by Gasteiger charge is 2.26. The molecule has 25 heavy (non-hydrogen) atoms. The van der Waals surface area contributed by atoms with Gasteiger partial charge in [0, 0.05) is 30.0 Å². The van der Waals surface area contributed by atoms with Crippen LogP contribution in [0.4, 0.5) is 0 Å². The summed E-state index contributed by atoms with van der Waals surface area (Å²) in [6.07, 6.45) is 2.22. The number of thiazole rings is 1. The fourth-order valence-electron chi connectivity index (χ4n) is 3.17. The molecule has 0 aliphatic carbocycles. The zero-order valence-corrected chi connectivity index (χ0v) is 14.6. The van der Waals surface area contributed by atoms with Crippen molar-refractivity contribution >= 4 is 17.2 Å². The van der Waals surface area contributed by atoms with Gasteiger partial charge in [0.15, 0.2) is 5.82 Å². The van der Waals surface area contributed by atoms with Crippen molar-refractivity contribution in [2.75, 3.05) is 13.1 Å². The average molecular weight is 353 g/mol. The standard InChI is InChI=1S/C18H19N5OS/c24-16(10-15-11-25-12-19-15)23-8-6-14(7-9-23)18-20-17(21-22-18)13-4-2-1-3-5-13/h1-5,11-12,14H,6-10H2,(H,20,21,22). The molecule has 3 heterocycles. The van der Waals surface area contributed by atoms with E-state index in [4.69, 9.17) is 0 Å². The number of nitrogens with zero attached hydrogens (tertiary/aromatic N) is 4. The van der Waals surface area contributed by atoms with E-state index in [1.807, 2.05) is 40.6 Å². The number of amides is 1. The van der Waals surface area contributed by atoms with Gasteiger partial charge < -0.3 is 4.90 Å². The van der Waals surface area contributed by atoms with E-state index in [1.54, 1.807) is 5.51 Å². The number of aromatic nitrogens is 4. The van der Waals surface area contributed by atoms with Crippen LogP contribution in [0.5, 0.6) is 0 Å². The van der Waals surface area contributed by atoms with Crippen LogP contribution in [0.25, 0.3) is 11.4 Å². The van der Waals surface area contributed by atoms with E-state index in [0.717, 1.165) is 48.8 Å². The first-order valence-electron chi connectivity index (χ1n) is 8.42. The normalized spacial score (nSPS) is 15.4. The summed E-state index contributed by atoms with van der Waals surface area (Å²) in [6, 6.07) is 9.96. The minimum Gasteiger partial charge on any atom is -0.342 e. The molecule has 0 bridgehead atoms. The number of rotatable bonds is 4. The van der Waals surface area contributed by atoms with Gasteiger partial charge in [0.1, 0.15) is 5.82 Å². The molecule has 1 aliphatic heterocycles. The molecule has 1 fully saturated rings. The second-order valence-corrected chi connectivity index (χ2v) is 6.94. The zero-order chi connectivity index (χ0) is 17.1. The quantitative estimate of drug-likeness (QED) is 0.783. The van der Waals surface area contributed by atoms with Gasteiger partial charge in [-0.05, 0) is 12.8 Å². The molecule has 1 aliphatic rings. The second kappa shape index (κ2) is 7.14. The third-order valence-corrected chi connectivity index (χ3v) is 5.22. The monoisotopic (exact) mass is 353 g/mol. The topological polar surface area (TPSA) is 74.8 Å². The van der Waals surface area contributed by atoms with E-state index in [-0.39, 0.29) is 5.91 Å². The minimum atomic E-state index is 0.159. The summed E-state index contributed by atoms with van der Waals surface area (Å²) in [7, 11) is 0. The smallest absolute Gasteiger partial charge is 0.228 e. The summed E-state index contributed by atoms with van der Waals surface area (Å²) in [5.41, 5.74) is 3.64. The summed E-state index contributed by atoms with van der Waals surface area (Å²) >= 11 is 1.53. The first kappa shape index (κ1) is 16.0. The predicted octanol–water partition coefficient (Wildman–Crippen LogP) is 2.88. The van der Waals surface area contributed by atoms with Gasteiger partial charge in [0.2, 0.25) is 5.91 Å². The summed E-state index contributed by atoms with van der Waals surface area (Å²) in [4.78, 5) is 23.1. The Labute approximate surface area is 149 Å². The van der Waals surface area contributed by atoms with Crippen molar-refractivity contribution in [2.45, 2.75) is 25.2 Å². The highest BCUT2D eigenvalue weighted by molar-refractivity contribution is 7.07. The molecule has 0 saturated carbocycles. The summed E-state index contributed by atoms with van der Waals surface area (Å²) in [5, 5.41) is 9.36. The summed E-state index contributed by atoms with van der Waals surface area (Å²) in [5.74, 6) is 2.14. The molecule has 4 rings (SSSR count). The number of carbonyl (C=O) groups excluding carboxylic acids is 1. The third-order valence-electron chi connectivity index (χ3n) is 4.58. The van der Waals surface area contributed by atoms with Crippen molar-refractivity contribution in [3.8, 4) is 11.4 Å². The molecule has 1 N–H and O–H groups in total. The first-order valence-corrected chi connectivity index (χ1v) is 9.36. The fourth-order valence-corrected chi connectivity index (χ4v) is 3.73. The Morgan fingerprint density at radius 1 is 1.24 bits per heavy atom. The molecule has 0 radical (unpaired) electrons. The maximum absolute atomic E-state index is 12.4. The third kappa shape index (κ3) is 3.61. The van der Waals surface area contributed by atoms with E-state index in [1.165, 1.54) is 11.3 Å². The van der Waals surface area contributed by atoms with Gasteiger partial charge in [-0.2, -0.15) is 5.10 Å². The number of piperidine rings is 1. The molecule has 0 unspecified atom stereocenters. The maximum Gasteiger partial charge on any atom is 0.228 e. The van der Waals surface area contributed by atoms with Crippen molar-refractivity contribution in [1.82, 2.24) is 25.1 Å². The van der Waals surface area contributed by atoms with Crippen LogP contribution in [-0.2, 0) is 11.2 Å². The van der Waals surface area contributed by atoms with Crippen LogP contribution in [-0.4, -0.2) is 44.1 Å². The fraction of sp³-hybridized carbons (Fsp3) is 0.333. The Bertz CT molecular complexity index is 822. The molecule has 0 atom stereocenters. The average Bonchev–Trinajstić information content (AvgIpc) is 3.34. The highest BCUT2D eigenvalue weighted by Crippen LogP contribution is 2.27. The van der Waals surface area contributed by atoms with Crippen LogP contribution < -0.4 is 0 Å². The lowest BCUT2D eigenvalue weighted by molar-refractivity contribution is -0.131. The molecule has 1 aromatic carbocycles. The summed E-state index contributed by atoms with van der Waals surface area (Å²) < 4.78 is 0. The van der Waals surface area contributed by atoms with E-state index < -0.39 is 0 Å². The molecular formula is C18H19N5OS. The van der Waals surface area contributed by atoms with Crippen molar-refractivity contribution in [3.63, 3.8) is 0 Å². The molecule has 128 valence electrons. The van der Waals surface area contributed by atoms with Gasteiger partial charge in [0.05, 0.1) is 17.6 Å². The van der Waals surface area contributed by atoms with Crippen molar-refractivity contribution < 1.29 is 4.79 Å². The lowest BCUT2D eigenvalue weighted by Crippen LogP contribution is -2.39. The van der Waals surface area contributed by atoms with Crippen LogP contribution in [0.3, 0.4) is 0 Å². The Morgan fingerprint density at radius 3 is 2.76 bits per heavy atom. The molecule has 6 nitrogen and oxygen atoms in total. The van der Waals surface area contributed by atoms with Crippen molar-refractivity contribution in [3.05, 3.63) is 52.7 Å². The second-order valence-electron chi connectivity index (χ2n) is 6.22. The molecule has 1 amide bonds. The van der Waals surface area contributed by atoms with E-state index in [9.17, 15) is 4.79 Å². The SMILES string of the molecule is O=C(Cc1cscn1)N1CCC(c2nc(-c3ccccc3)n[nH]2)CC1. The van der Waals surface area contributed by atoms with E-state index >= 15 is 0 Å². The minimum absolute atomic E-state index is 0.159. The molecule has 7 heteroatoms. The van der Waals surface area contributed by atoms with Gasteiger partial charge in [-0.1, -0.05) is 30.3 Å². The Hall–Kier alpha value is -2.54. The van der Waals surface area contributed by atoms with Gasteiger partial charge in [-0.3, -0.25) is 9.89 Å². The van der Waals surface area contributed by atoms with Crippen LogP contribution in [0.2, 0.25) is 0 Å². The number of aromatic amines is 1. The number of H-pyrrole nitrogens is 1. The first-order chi connectivity index (χ1) is 12.3. The number of carbonyl (C=O) groups is 1. The van der Waals surface area contributed by atoms with E-state index in [2.05, 4.69) is 20.2 Å². The van der Waals surface area contributed by atoms with Gasteiger partial charge in [-0.15, -0.1) is 11.3 Å². The van der Waals surface area contributed by atoms with Gasteiger partial charge >= 0.3 is 0 Å². The lowest BCUT2D eigenvalue weighted by atomic mass is 9.96. The largest absolute Gasteiger partial charge is 0.342 e. The van der Waals surface area contributed by atoms with Gasteiger partial charge in [-0.25, -0.2) is 9.97 Å². The lowest BCUT2D eigenvalue weighted by Gasteiger charge is -2.30. The van der Waals surface area contributed by atoms with Gasteiger partial charge in [0.25, 0.3) is 0 Å². The Morgan fingerprint density at radius 2 is 2.04 bits per heavy atom. The maximum atomic E-state index is 12.4. The zero-order valence-electron chi connectivity index (χ0n) is 13.8. The molecular weight excluding hydrogens is 334 g/mol. The summed E-state index contributed by atoms with van der Waals surface area (Å²) in [6.45, 7) is 1.52. The number of likely N-dealkylation sites (tertiary alicyclic amines) is 1. The number of hydrogen-bond acceptors (Lipinski definition) is 5. The van der Waals surface area contributed by atoms with Crippen molar-refractivity contribution in [1.29, 1.82) is 0 Å². The predicted molar refractivity (Wildman–Crippen MR) is 96.2 cm³/mol. The molecule has 3 aromatic rings. The van der Waals surface area contributed by atoms with Crippen molar-refractivity contribution in [2.24, 2.45) is 0 Å². The molecule has 2 aromatic heterocycles. The van der Waals surface area contributed by atoms with Crippen LogP contribution in [0.15, 0.2) is 41.2 Å². The number of benzene rings is 1. The Balaban J connectivity index is 1.36. The number of nitrogens with one attached hydrogen (secondary N) is 1. The molecule has 1 saturated heterocycles. The van der Waals surface area contributed by atoms with Crippen LogP contribution in [0, 0.1) is 0 Å². The Kier molecular flexibility index (Phi) is 4.56.